The maximum absolute atomic E-state index is 13.1. The minimum absolute atomic E-state index is 0.269. The number of fused-ring (bicyclic) bond motifs is 1. The van der Waals surface area contributed by atoms with E-state index in [9.17, 15) is 18.0 Å². The molecule has 0 unspecified atom stereocenters. The lowest BCUT2D eigenvalue weighted by Crippen LogP contribution is -2.35. The van der Waals surface area contributed by atoms with Crippen molar-refractivity contribution in [1.82, 2.24) is 9.88 Å². The number of hydrogen-bond acceptors (Lipinski definition) is 5. The van der Waals surface area contributed by atoms with Gasteiger partial charge >= 0.3 is 6.18 Å². The summed E-state index contributed by atoms with van der Waals surface area (Å²) < 4.78 is 45.7. The second-order valence-electron chi connectivity index (χ2n) is 6.71. The number of amides is 1. The molecule has 0 spiro atoms. The van der Waals surface area contributed by atoms with Crippen molar-refractivity contribution in [3.05, 3.63) is 59.2 Å². The Balaban J connectivity index is 1.52. The van der Waals surface area contributed by atoms with E-state index in [0.29, 0.717) is 5.52 Å². The Morgan fingerprint density at radius 3 is 2.69 bits per heavy atom. The van der Waals surface area contributed by atoms with E-state index in [-0.39, 0.29) is 5.13 Å². The molecule has 1 amide bonds. The monoisotopic (exact) mass is 421 g/mol. The molecule has 4 rings (SSSR count). The summed E-state index contributed by atoms with van der Waals surface area (Å²) in [5.74, 6) is -0.828. The van der Waals surface area contributed by atoms with E-state index in [2.05, 4.69) is 15.2 Å². The molecule has 0 aliphatic carbocycles. The molecule has 1 aromatic heterocycles. The van der Waals surface area contributed by atoms with Crippen LogP contribution in [0, 0.1) is 0 Å². The van der Waals surface area contributed by atoms with E-state index < -0.39 is 23.2 Å². The highest BCUT2D eigenvalue weighted by Gasteiger charge is 2.35. The second-order valence-corrected chi connectivity index (χ2v) is 7.74. The fraction of sp³-hybridized carbons (Fsp3) is 0.300. The van der Waals surface area contributed by atoms with E-state index in [0.717, 1.165) is 55.2 Å². The van der Waals surface area contributed by atoms with E-state index in [1.165, 1.54) is 23.5 Å². The minimum Gasteiger partial charge on any atom is -0.379 e. The number of alkyl halides is 3. The van der Waals surface area contributed by atoms with Gasteiger partial charge in [-0.05, 0) is 29.8 Å². The predicted molar refractivity (Wildman–Crippen MR) is 105 cm³/mol. The second kappa shape index (κ2) is 8.10. The first-order valence-corrected chi connectivity index (χ1v) is 9.89. The van der Waals surface area contributed by atoms with Crippen molar-refractivity contribution in [1.29, 1.82) is 0 Å². The van der Waals surface area contributed by atoms with Crippen LogP contribution in [-0.2, 0) is 17.5 Å². The molecule has 3 aromatic rings. The number of nitrogens with one attached hydrogen (secondary N) is 1. The molecule has 0 bridgehead atoms. The standard InChI is InChI=1S/C20H18F3N3O2S/c21-20(22,23)15-4-2-1-3-14(15)18(27)25-19-24-16-6-5-13(11-17(16)29-19)12-26-7-9-28-10-8-26/h1-6,11H,7-10,12H2,(H,24,25,27). The van der Waals surface area contributed by atoms with Gasteiger partial charge < -0.3 is 4.74 Å². The van der Waals surface area contributed by atoms with Gasteiger partial charge in [-0.25, -0.2) is 4.98 Å². The van der Waals surface area contributed by atoms with Crippen molar-refractivity contribution in [2.24, 2.45) is 0 Å². The van der Waals surface area contributed by atoms with Crippen LogP contribution >= 0.6 is 11.3 Å². The number of carbonyl (C=O) groups is 1. The van der Waals surface area contributed by atoms with Gasteiger partial charge in [-0.3, -0.25) is 15.0 Å². The predicted octanol–water partition coefficient (Wildman–Crippen LogP) is 4.40. The van der Waals surface area contributed by atoms with Crippen molar-refractivity contribution >= 4 is 32.6 Å². The molecule has 152 valence electrons. The van der Waals surface area contributed by atoms with Gasteiger partial charge in [0.15, 0.2) is 5.13 Å². The van der Waals surface area contributed by atoms with Crippen molar-refractivity contribution < 1.29 is 22.7 Å². The van der Waals surface area contributed by atoms with Gasteiger partial charge in [-0.15, -0.1) is 0 Å². The quantitative estimate of drug-likeness (QED) is 0.679. The summed E-state index contributed by atoms with van der Waals surface area (Å²) in [4.78, 5) is 19.0. The van der Waals surface area contributed by atoms with Gasteiger partial charge in [0, 0.05) is 19.6 Å². The number of ether oxygens (including phenoxy) is 1. The molecule has 5 nitrogen and oxygen atoms in total. The topological polar surface area (TPSA) is 54.5 Å². The summed E-state index contributed by atoms with van der Waals surface area (Å²) in [6, 6.07) is 10.6. The van der Waals surface area contributed by atoms with Crippen molar-refractivity contribution in [3.8, 4) is 0 Å². The number of carbonyl (C=O) groups excluding carboxylic acids is 1. The Labute approximate surface area is 169 Å². The molecule has 0 atom stereocenters. The molecule has 1 saturated heterocycles. The molecule has 1 aliphatic rings. The van der Waals surface area contributed by atoms with Crippen LogP contribution < -0.4 is 5.32 Å². The van der Waals surface area contributed by atoms with Crippen LogP contribution in [0.2, 0.25) is 0 Å². The summed E-state index contributed by atoms with van der Waals surface area (Å²) in [6.07, 6.45) is -4.60. The SMILES string of the molecule is O=C(Nc1nc2ccc(CN3CCOCC3)cc2s1)c1ccccc1C(F)(F)F. The lowest BCUT2D eigenvalue weighted by Gasteiger charge is -2.26. The molecule has 29 heavy (non-hydrogen) atoms. The van der Waals surface area contributed by atoms with E-state index in [1.807, 2.05) is 18.2 Å². The average molecular weight is 421 g/mol. The highest BCUT2D eigenvalue weighted by atomic mass is 32.1. The number of thiazole rings is 1. The number of rotatable bonds is 4. The third kappa shape index (κ3) is 4.58. The maximum Gasteiger partial charge on any atom is 0.417 e. The Morgan fingerprint density at radius 1 is 1.17 bits per heavy atom. The van der Waals surface area contributed by atoms with Crippen LogP contribution in [-0.4, -0.2) is 42.1 Å². The summed E-state index contributed by atoms with van der Waals surface area (Å²) in [5, 5.41) is 2.77. The third-order valence-corrected chi connectivity index (χ3v) is 5.59. The van der Waals surface area contributed by atoms with Crippen molar-refractivity contribution in [2.45, 2.75) is 12.7 Å². The van der Waals surface area contributed by atoms with Gasteiger partial charge in [0.25, 0.3) is 5.91 Å². The smallest absolute Gasteiger partial charge is 0.379 e. The number of hydrogen-bond donors (Lipinski definition) is 1. The van der Waals surface area contributed by atoms with Crippen LogP contribution in [0.5, 0.6) is 0 Å². The zero-order chi connectivity index (χ0) is 20.4. The van der Waals surface area contributed by atoms with Crippen LogP contribution in [0.3, 0.4) is 0 Å². The number of anilines is 1. The molecule has 1 fully saturated rings. The fourth-order valence-corrected chi connectivity index (χ4v) is 4.16. The van der Waals surface area contributed by atoms with Crippen LogP contribution in [0.1, 0.15) is 21.5 Å². The Kier molecular flexibility index (Phi) is 5.53. The lowest BCUT2D eigenvalue weighted by molar-refractivity contribution is -0.137. The summed E-state index contributed by atoms with van der Waals surface area (Å²) in [7, 11) is 0. The van der Waals surface area contributed by atoms with Gasteiger partial charge in [0.2, 0.25) is 0 Å². The molecule has 0 radical (unpaired) electrons. The third-order valence-electron chi connectivity index (χ3n) is 4.66. The average Bonchev–Trinajstić information content (AvgIpc) is 3.09. The highest BCUT2D eigenvalue weighted by Crippen LogP contribution is 2.33. The van der Waals surface area contributed by atoms with E-state index in [1.54, 1.807) is 0 Å². The summed E-state index contributed by atoms with van der Waals surface area (Å²) in [5.41, 5.74) is 0.419. The first-order chi connectivity index (χ1) is 13.9. The van der Waals surface area contributed by atoms with Gasteiger partial charge in [0.1, 0.15) is 0 Å². The molecule has 2 heterocycles. The fourth-order valence-electron chi connectivity index (χ4n) is 3.23. The number of nitrogens with zero attached hydrogens (tertiary/aromatic N) is 2. The first-order valence-electron chi connectivity index (χ1n) is 9.07. The minimum atomic E-state index is -4.60. The normalized spacial score (nSPS) is 15.6. The first kappa shape index (κ1) is 19.8. The Morgan fingerprint density at radius 2 is 1.93 bits per heavy atom. The molecular formula is C20H18F3N3O2S. The zero-order valence-corrected chi connectivity index (χ0v) is 16.1. The maximum atomic E-state index is 13.1. The van der Waals surface area contributed by atoms with Gasteiger partial charge in [0.05, 0.1) is 34.6 Å². The molecule has 2 aromatic carbocycles. The summed E-state index contributed by atoms with van der Waals surface area (Å²) >= 11 is 1.24. The van der Waals surface area contributed by atoms with Gasteiger partial charge in [-0.2, -0.15) is 13.2 Å². The number of aromatic nitrogens is 1. The Hall–Kier alpha value is -2.49. The van der Waals surface area contributed by atoms with Gasteiger partial charge in [-0.1, -0.05) is 29.5 Å². The number of morpholine rings is 1. The zero-order valence-electron chi connectivity index (χ0n) is 15.3. The summed E-state index contributed by atoms with van der Waals surface area (Å²) in [6.45, 7) is 3.98. The molecule has 1 aliphatic heterocycles. The van der Waals surface area contributed by atoms with Crippen molar-refractivity contribution in [2.75, 3.05) is 31.6 Å². The van der Waals surface area contributed by atoms with E-state index in [4.69, 9.17) is 4.74 Å². The molecule has 9 heteroatoms. The highest BCUT2D eigenvalue weighted by molar-refractivity contribution is 7.22. The van der Waals surface area contributed by atoms with Crippen LogP contribution in [0.15, 0.2) is 42.5 Å². The number of halogens is 3. The molecular weight excluding hydrogens is 403 g/mol. The Bertz CT molecular complexity index is 1030. The largest absolute Gasteiger partial charge is 0.417 e. The van der Waals surface area contributed by atoms with Crippen molar-refractivity contribution in [3.63, 3.8) is 0 Å². The molecule has 1 N–H and O–H groups in total. The van der Waals surface area contributed by atoms with Crippen LogP contribution in [0.25, 0.3) is 10.2 Å². The number of benzene rings is 2. The van der Waals surface area contributed by atoms with E-state index >= 15 is 0 Å². The van der Waals surface area contributed by atoms with Crippen LogP contribution in [0.4, 0.5) is 18.3 Å². The molecule has 0 saturated carbocycles. The lowest BCUT2D eigenvalue weighted by atomic mass is 10.1.